The minimum atomic E-state index is -2.32. The second-order valence-corrected chi connectivity index (χ2v) is 8.72. The maximum absolute atomic E-state index is 6.31. The zero-order valence-electron chi connectivity index (χ0n) is 11.5. The summed E-state index contributed by atoms with van der Waals surface area (Å²) in [5.41, 5.74) is 0.355. The van der Waals surface area contributed by atoms with Gasteiger partial charge in [0.25, 0.3) is 0 Å². The van der Waals surface area contributed by atoms with Crippen LogP contribution in [0, 0.1) is 5.41 Å². The van der Waals surface area contributed by atoms with E-state index in [-0.39, 0.29) is 0 Å². The van der Waals surface area contributed by atoms with Crippen LogP contribution in [-0.4, -0.2) is 29.1 Å². The lowest BCUT2D eigenvalue weighted by Crippen LogP contribution is -2.53. The molecule has 4 heteroatoms. The van der Waals surface area contributed by atoms with Gasteiger partial charge in [-0.15, -0.1) is 0 Å². The van der Waals surface area contributed by atoms with Gasteiger partial charge >= 0.3 is 8.80 Å². The van der Waals surface area contributed by atoms with Crippen LogP contribution in [0.2, 0.25) is 6.04 Å². The fraction of sp³-hybridized carbons (Fsp3) is 1.00. The van der Waals surface area contributed by atoms with Crippen LogP contribution in [0.4, 0.5) is 0 Å². The summed E-state index contributed by atoms with van der Waals surface area (Å²) in [5.74, 6) is 0. The van der Waals surface area contributed by atoms with E-state index in [1.807, 2.05) is 0 Å². The van der Waals surface area contributed by atoms with Crippen molar-refractivity contribution in [2.75, 3.05) is 14.2 Å². The van der Waals surface area contributed by atoms with Gasteiger partial charge in [-0.2, -0.15) is 0 Å². The first-order chi connectivity index (χ1) is 8.14. The van der Waals surface area contributed by atoms with Gasteiger partial charge in [0.2, 0.25) is 0 Å². The van der Waals surface area contributed by atoms with Gasteiger partial charge in [0, 0.05) is 20.3 Å². The number of rotatable bonds is 3. The minimum Gasteiger partial charge on any atom is -0.377 e. The van der Waals surface area contributed by atoms with Crippen molar-refractivity contribution in [1.29, 1.82) is 0 Å². The minimum absolute atomic E-state index is 0.350. The smallest absolute Gasteiger partial charge is 0.377 e. The topological polar surface area (TPSA) is 27.7 Å². The van der Waals surface area contributed by atoms with Crippen molar-refractivity contribution < 1.29 is 13.3 Å². The lowest BCUT2D eigenvalue weighted by atomic mass is 9.71. The molecule has 0 radical (unpaired) electrons. The summed E-state index contributed by atoms with van der Waals surface area (Å²) in [4.78, 5) is 0. The van der Waals surface area contributed by atoms with E-state index < -0.39 is 8.80 Å². The third-order valence-electron chi connectivity index (χ3n) is 4.67. The molecule has 0 N–H and O–H groups in total. The highest BCUT2D eigenvalue weighted by molar-refractivity contribution is 6.60. The van der Waals surface area contributed by atoms with Crippen LogP contribution in [0.5, 0.6) is 0 Å². The van der Waals surface area contributed by atoms with E-state index >= 15 is 0 Å². The summed E-state index contributed by atoms with van der Waals surface area (Å²) in [6.45, 7) is 2.40. The SMILES string of the molecule is CO[Si]1(OC)CCCC(C2(C)CCCCC2)O1. The number of hydrogen-bond donors (Lipinski definition) is 0. The van der Waals surface area contributed by atoms with E-state index in [0.717, 1.165) is 6.04 Å². The molecule has 1 atom stereocenters. The lowest BCUT2D eigenvalue weighted by molar-refractivity contribution is -0.0455. The van der Waals surface area contributed by atoms with Crippen LogP contribution in [0.3, 0.4) is 0 Å². The Morgan fingerprint density at radius 1 is 1.06 bits per heavy atom. The summed E-state index contributed by atoms with van der Waals surface area (Å²) in [7, 11) is 1.15. The maximum atomic E-state index is 6.31. The molecule has 1 aliphatic carbocycles. The van der Waals surface area contributed by atoms with Crippen molar-refractivity contribution in [1.82, 2.24) is 0 Å². The average molecular weight is 258 g/mol. The molecule has 0 spiro atoms. The first-order valence-corrected chi connectivity index (χ1v) is 8.85. The summed E-state index contributed by atoms with van der Waals surface area (Å²) in [6, 6.07) is 0.979. The largest absolute Gasteiger partial charge is 0.500 e. The maximum Gasteiger partial charge on any atom is 0.500 e. The van der Waals surface area contributed by atoms with Gasteiger partial charge in [0.05, 0.1) is 6.10 Å². The molecule has 1 heterocycles. The van der Waals surface area contributed by atoms with Crippen molar-refractivity contribution >= 4 is 8.80 Å². The average Bonchev–Trinajstić information content (AvgIpc) is 2.40. The lowest BCUT2D eigenvalue weighted by Gasteiger charge is -2.46. The standard InChI is InChI=1S/C13H26O3Si/c1-13(9-5-4-6-10-13)12-8-7-11-17(14-2,15-3)16-12/h12H,4-11H2,1-3H3. The Labute approximate surface area is 106 Å². The third kappa shape index (κ3) is 2.75. The quantitative estimate of drug-likeness (QED) is 0.726. The van der Waals surface area contributed by atoms with Crippen LogP contribution >= 0.6 is 0 Å². The fourth-order valence-corrected chi connectivity index (χ4v) is 5.75. The van der Waals surface area contributed by atoms with Gasteiger partial charge in [0.15, 0.2) is 0 Å². The Balaban J connectivity index is 2.05. The summed E-state index contributed by atoms with van der Waals surface area (Å²) >= 11 is 0. The Kier molecular flexibility index (Phi) is 4.29. The number of hydrogen-bond acceptors (Lipinski definition) is 3. The van der Waals surface area contributed by atoms with Gasteiger partial charge in [-0.1, -0.05) is 26.2 Å². The molecular formula is C13H26O3Si. The molecule has 2 aliphatic rings. The van der Waals surface area contributed by atoms with Crippen molar-refractivity contribution in [3.63, 3.8) is 0 Å². The second kappa shape index (κ2) is 5.39. The molecule has 0 aromatic rings. The molecule has 1 saturated heterocycles. The molecule has 0 aromatic heterocycles. The van der Waals surface area contributed by atoms with Gasteiger partial charge in [0.1, 0.15) is 0 Å². The summed E-state index contributed by atoms with van der Waals surface area (Å²) in [6.07, 6.45) is 9.41. The predicted molar refractivity (Wildman–Crippen MR) is 69.9 cm³/mol. The fourth-order valence-electron chi connectivity index (χ4n) is 3.39. The normalized spacial score (nSPS) is 32.3. The second-order valence-electron chi connectivity index (χ2n) is 5.80. The summed E-state index contributed by atoms with van der Waals surface area (Å²) in [5, 5.41) is 0. The Morgan fingerprint density at radius 3 is 2.29 bits per heavy atom. The molecule has 1 unspecified atom stereocenters. The van der Waals surface area contributed by atoms with Crippen LogP contribution in [0.15, 0.2) is 0 Å². The van der Waals surface area contributed by atoms with E-state index in [0.29, 0.717) is 11.5 Å². The van der Waals surface area contributed by atoms with Gasteiger partial charge in [-0.3, -0.25) is 0 Å². The highest BCUT2D eigenvalue weighted by Gasteiger charge is 2.49. The van der Waals surface area contributed by atoms with Gasteiger partial charge in [-0.05, 0) is 31.1 Å². The van der Waals surface area contributed by atoms with Crippen molar-refractivity contribution in [2.24, 2.45) is 5.41 Å². The zero-order chi connectivity index (χ0) is 12.4. The van der Waals surface area contributed by atoms with Crippen LogP contribution < -0.4 is 0 Å². The molecule has 100 valence electrons. The van der Waals surface area contributed by atoms with Crippen molar-refractivity contribution in [3.05, 3.63) is 0 Å². The van der Waals surface area contributed by atoms with E-state index in [4.69, 9.17) is 13.3 Å². The molecular weight excluding hydrogens is 232 g/mol. The molecule has 0 aromatic carbocycles. The van der Waals surface area contributed by atoms with E-state index in [1.54, 1.807) is 14.2 Å². The highest BCUT2D eigenvalue weighted by atomic mass is 28.4. The Morgan fingerprint density at radius 2 is 1.71 bits per heavy atom. The predicted octanol–water partition coefficient (Wildman–Crippen LogP) is 3.37. The Hall–Kier alpha value is 0.0969. The highest BCUT2D eigenvalue weighted by Crippen LogP contribution is 2.45. The molecule has 0 amide bonds. The molecule has 3 nitrogen and oxygen atoms in total. The van der Waals surface area contributed by atoms with Crippen LogP contribution in [0.25, 0.3) is 0 Å². The zero-order valence-corrected chi connectivity index (χ0v) is 12.5. The Bertz CT molecular complexity index is 247. The monoisotopic (exact) mass is 258 g/mol. The van der Waals surface area contributed by atoms with Crippen molar-refractivity contribution in [3.8, 4) is 0 Å². The van der Waals surface area contributed by atoms with Crippen molar-refractivity contribution in [2.45, 2.75) is 64.0 Å². The molecule has 1 aliphatic heterocycles. The first-order valence-electron chi connectivity index (χ1n) is 6.92. The van der Waals surface area contributed by atoms with Gasteiger partial charge < -0.3 is 13.3 Å². The molecule has 0 bridgehead atoms. The van der Waals surface area contributed by atoms with Crippen LogP contribution in [0.1, 0.15) is 51.9 Å². The van der Waals surface area contributed by atoms with E-state index in [1.165, 1.54) is 44.9 Å². The molecule has 2 fully saturated rings. The summed E-state index contributed by atoms with van der Waals surface area (Å²) < 4.78 is 17.5. The third-order valence-corrected chi connectivity index (χ3v) is 7.52. The first kappa shape index (κ1) is 13.5. The van der Waals surface area contributed by atoms with Crippen LogP contribution in [-0.2, 0) is 13.3 Å². The van der Waals surface area contributed by atoms with E-state index in [2.05, 4.69) is 6.92 Å². The van der Waals surface area contributed by atoms with Gasteiger partial charge in [-0.25, -0.2) is 0 Å². The molecule has 1 saturated carbocycles. The van der Waals surface area contributed by atoms with E-state index in [9.17, 15) is 0 Å². The molecule has 2 rings (SSSR count). The molecule has 17 heavy (non-hydrogen) atoms.